The van der Waals surface area contributed by atoms with Crippen molar-refractivity contribution in [3.63, 3.8) is 0 Å². The monoisotopic (exact) mass is 502 g/mol. The van der Waals surface area contributed by atoms with Gasteiger partial charge in [-0.15, -0.1) is 0 Å². The molecule has 37 heavy (non-hydrogen) atoms. The van der Waals surface area contributed by atoms with Crippen molar-refractivity contribution in [1.29, 1.82) is 0 Å². The Bertz CT molecular complexity index is 1550. The van der Waals surface area contributed by atoms with Crippen molar-refractivity contribution >= 4 is 28.8 Å². The van der Waals surface area contributed by atoms with Crippen molar-refractivity contribution in [1.82, 2.24) is 29.1 Å². The standard InChI is InChI=1S/C27H30N6O4/c1-16-12-32-14-20(6-7-22(32)24(16)26(35)28-4)37-23-8-10-29-33-15-21(17(2)25(23)33)27(36)31-11-9-19(13-31)30(5)18(3)34/h6-8,10,12,14-15,19H,9,11,13H2,1-5H3,(H,28,35)/t19-/m0/s1. The molecule has 5 rings (SSSR count). The second kappa shape index (κ2) is 9.27. The lowest BCUT2D eigenvalue weighted by Gasteiger charge is -2.23. The second-order valence-corrected chi connectivity index (χ2v) is 9.51. The minimum atomic E-state index is -0.136. The summed E-state index contributed by atoms with van der Waals surface area (Å²) in [6.07, 6.45) is 7.83. The second-order valence-electron chi connectivity index (χ2n) is 9.51. The van der Waals surface area contributed by atoms with Crippen molar-refractivity contribution in [3.8, 4) is 11.5 Å². The Kier molecular flexibility index (Phi) is 6.10. The number of carbonyl (C=O) groups excluding carboxylic acids is 3. The zero-order valence-corrected chi connectivity index (χ0v) is 21.6. The van der Waals surface area contributed by atoms with Gasteiger partial charge in [0.25, 0.3) is 11.8 Å². The highest BCUT2D eigenvalue weighted by molar-refractivity contribution is 6.02. The Hall–Kier alpha value is -4.34. The minimum Gasteiger partial charge on any atom is -0.453 e. The van der Waals surface area contributed by atoms with Crippen LogP contribution in [0, 0.1) is 13.8 Å². The first-order chi connectivity index (χ1) is 17.7. The Morgan fingerprint density at radius 2 is 1.92 bits per heavy atom. The van der Waals surface area contributed by atoms with Crippen molar-refractivity contribution in [2.75, 3.05) is 27.2 Å². The highest BCUT2D eigenvalue weighted by atomic mass is 16.5. The highest BCUT2D eigenvalue weighted by Gasteiger charge is 2.32. The average molecular weight is 503 g/mol. The minimum absolute atomic E-state index is 0.00538. The molecule has 4 aromatic heterocycles. The van der Waals surface area contributed by atoms with Gasteiger partial charge in [0.1, 0.15) is 11.3 Å². The van der Waals surface area contributed by atoms with E-state index in [2.05, 4.69) is 10.4 Å². The van der Waals surface area contributed by atoms with Crippen molar-refractivity contribution in [2.24, 2.45) is 0 Å². The van der Waals surface area contributed by atoms with Crippen LogP contribution in [0.25, 0.3) is 11.0 Å². The van der Waals surface area contributed by atoms with E-state index in [0.29, 0.717) is 41.2 Å². The first kappa shape index (κ1) is 24.4. The van der Waals surface area contributed by atoms with Gasteiger partial charge in [-0.3, -0.25) is 14.4 Å². The molecule has 192 valence electrons. The third-order valence-corrected chi connectivity index (χ3v) is 7.23. The lowest BCUT2D eigenvalue weighted by atomic mass is 10.1. The number of hydrogen-bond acceptors (Lipinski definition) is 5. The summed E-state index contributed by atoms with van der Waals surface area (Å²) >= 11 is 0. The maximum Gasteiger partial charge on any atom is 0.255 e. The van der Waals surface area contributed by atoms with Crippen LogP contribution in [0.3, 0.4) is 0 Å². The van der Waals surface area contributed by atoms with Gasteiger partial charge in [0.2, 0.25) is 5.91 Å². The molecule has 4 aromatic rings. The van der Waals surface area contributed by atoms with E-state index < -0.39 is 0 Å². The Morgan fingerprint density at radius 1 is 1.14 bits per heavy atom. The number of rotatable bonds is 5. The van der Waals surface area contributed by atoms with Gasteiger partial charge in [-0.1, -0.05) is 0 Å². The molecular weight excluding hydrogens is 472 g/mol. The van der Waals surface area contributed by atoms with E-state index >= 15 is 0 Å². The molecule has 10 heteroatoms. The number of pyridine rings is 1. The van der Waals surface area contributed by atoms with E-state index in [0.717, 1.165) is 23.1 Å². The molecule has 5 heterocycles. The van der Waals surface area contributed by atoms with Crippen LogP contribution in [-0.4, -0.2) is 74.8 Å². The Labute approximate surface area is 214 Å². The van der Waals surface area contributed by atoms with Gasteiger partial charge < -0.3 is 24.3 Å². The van der Waals surface area contributed by atoms with Gasteiger partial charge in [-0.05, 0) is 43.5 Å². The van der Waals surface area contributed by atoms with Gasteiger partial charge in [0.15, 0.2) is 5.75 Å². The van der Waals surface area contributed by atoms with E-state index in [9.17, 15) is 14.4 Å². The highest BCUT2D eigenvalue weighted by Crippen LogP contribution is 2.32. The molecule has 1 fully saturated rings. The summed E-state index contributed by atoms with van der Waals surface area (Å²) in [6, 6.07) is 5.46. The van der Waals surface area contributed by atoms with Gasteiger partial charge >= 0.3 is 0 Å². The zero-order valence-electron chi connectivity index (χ0n) is 21.6. The van der Waals surface area contributed by atoms with Crippen LogP contribution in [0.4, 0.5) is 0 Å². The molecule has 10 nitrogen and oxygen atoms in total. The quantitative estimate of drug-likeness (QED) is 0.452. The molecule has 1 aliphatic heterocycles. The maximum absolute atomic E-state index is 13.4. The van der Waals surface area contributed by atoms with Gasteiger partial charge in [-0.25, -0.2) is 4.52 Å². The first-order valence-corrected chi connectivity index (χ1v) is 12.2. The third-order valence-electron chi connectivity index (χ3n) is 7.23. The molecular formula is C27H30N6O4. The summed E-state index contributed by atoms with van der Waals surface area (Å²) in [4.78, 5) is 40.9. The van der Waals surface area contributed by atoms with Gasteiger partial charge in [0.05, 0.1) is 35.1 Å². The van der Waals surface area contributed by atoms with E-state index in [1.54, 1.807) is 53.8 Å². The molecule has 0 radical (unpaired) electrons. The Balaban J connectivity index is 1.44. The summed E-state index contributed by atoms with van der Waals surface area (Å²) in [5, 5.41) is 7.08. The number of nitrogens with one attached hydrogen (secondary N) is 1. The number of aromatic nitrogens is 3. The van der Waals surface area contributed by atoms with Gasteiger partial charge in [-0.2, -0.15) is 5.10 Å². The zero-order chi connectivity index (χ0) is 26.4. The molecule has 1 saturated heterocycles. The van der Waals surface area contributed by atoms with Crippen LogP contribution in [0.2, 0.25) is 0 Å². The molecule has 0 aliphatic carbocycles. The number of amides is 3. The molecule has 0 spiro atoms. The molecule has 1 atom stereocenters. The lowest BCUT2D eigenvalue weighted by molar-refractivity contribution is -0.129. The summed E-state index contributed by atoms with van der Waals surface area (Å²) < 4.78 is 9.79. The smallest absolute Gasteiger partial charge is 0.255 e. The third kappa shape index (κ3) is 4.18. The van der Waals surface area contributed by atoms with Crippen molar-refractivity contribution in [3.05, 3.63) is 65.2 Å². The fourth-order valence-electron chi connectivity index (χ4n) is 5.09. The number of hydrogen-bond donors (Lipinski definition) is 1. The predicted octanol–water partition coefficient (Wildman–Crippen LogP) is 3.05. The van der Waals surface area contributed by atoms with Crippen LogP contribution >= 0.6 is 0 Å². The van der Waals surface area contributed by atoms with Crippen LogP contribution in [-0.2, 0) is 4.79 Å². The maximum atomic E-state index is 13.4. The average Bonchev–Trinajstić information content (AvgIpc) is 3.58. The van der Waals surface area contributed by atoms with Crippen LogP contribution in [0.5, 0.6) is 11.5 Å². The van der Waals surface area contributed by atoms with E-state index in [1.165, 1.54) is 0 Å². The number of likely N-dealkylation sites (tertiary alicyclic amines) is 1. The molecule has 0 saturated carbocycles. The number of ether oxygens (including phenoxy) is 1. The van der Waals surface area contributed by atoms with Gasteiger partial charge in [0, 0.05) is 52.6 Å². The molecule has 0 unspecified atom stereocenters. The topological polar surface area (TPSA) is 101 Å². The SMILES string of the molecule is CNC(=O)c1c(C)cn2cc(Oc3ccnn4cc(C(=O)N5CC[C@H](N(C)C(C)=O)C5)c(C)c34)ccc12. The van der Waals surface area contributed by atoms with Crippen molar-refractivity contribution in [2.45, 2.75) is 33.2 Å². The molecule has 0 bridgehead atoms. The largest absolute Gasteiger partial charge is 0.453 e. The van der Waals surface area contributed by atoms with E-state index in [1.807, 2.05) is 42.8 Å². The van der Waals surface area contributed by atoms with Crippen LogP contribution < -0.4 is 10.1 Å². The number of carbonyl (C=O) groups is 3. The number of nitrogens with zero attached hydrogens (tertiary/aromatic N) is 5. The molecule has 0 aromatic carbocycles. The summed E-state index contributed by atoms with van der Waals surface area (Å²) in [6.45, 7) is 6.43. The number of likely N-dealkylation sites (N-methyl/N-ethyl adjacent to an activating group) is 1. The fraction of sp³-hybridized carbons (Fsp3) is 0.333. The molecule has 1 aliphatic rings. The van der Waals surface area contributed by atoms with Crippen LogP contribution in [0.15, 0.2) is 43.0 Å². The predicted molar refractivity (Wildman–Crippen MR) is 138 cm³/mol. The number of fused-ring (bicyclic) bond motifs is 2. The van der Waals surface area contributed by atoms with Crippen LogP contribution in [0.1, 0.15) is 45.2 Å². The normalized spacial score (nSPS) is 15.4. The Morgan fingerprint density at radius 3 is 2.65 bits per heavy atom. The fourth-order valence-corrected chi connectivity index (χ4v) is 5.09. The van der Waals surface area contributed by atoms with E-state index in [4.69, 9.17) is 4.74 Å². The summed E-state index contributed by atoms with van der Waals surface area (Å²) in [7, 11) is 3.39. The van der Waals surface area contributed by atoms with E-state index in [-0.39, 0.29) is 23.8 Å². The van der Waals surface area contributed by atoms with Crippen molar-refractivity contribution < 1.29 is 19.1 Å². The summed E-state index contributed by atoms with van der Waals surface area (Å²) in [5.74, 6) is 0.926. The first-order valence-electron chi connectivity index (χ1n) is 12.2. The number of aryl methyl sites for hydroxylation is 2. The molecule has 3 amide bonds. The summed E-state index contributed by atoms with van der Waals surface area (Å²) in [5.41, 5.74) is 4.32. The lowest BCUT2D eigenvalue weighted by Crippen LogP contribution is -2.39. The molecule has 1 N–H and O–H groups in total.